The Labute approximate surface area is 140 Å². The van der Waals surface area contributed by atoms with Crippen molar-refractivity contribution in [2.45, 2.75) is 32.7 Å². The van der Waals surface area contributed by atoms with E-state index in [0.29, 0.717) is 11.7 Å². The first-order valence-corrected chi connectivity index (χ1v) is 8.26. The fourth-order valence-corrected chi connectivity index (χ4v) is 2.72. The van der Waals surface area contributed by atoms with Gasteiger partial charge in [-0.2, -0.15) is 0 Å². The second-order valence-corrected chi connectivity index (χ2v) is 7.20. The van der Waals surface area contributed by atoms with Crippen LogP contribution in [0.15, 0.2) is 30.3 Å². The average molecular weight is 334 g/mol. The molecule has 1 aromatic heterocycles. The molecule has 0 saturated heterocycles. The van der Waals surface area contributed by atoms with E-state index in [1.807, 2.05) is 51.1 Å². The zero-order chi connectivity index (χ0) is 16.9. The lowest BCUT2D eigenvalue weighted by Gasteiger charge is -2.21. The van der Waals surface area contributed by atoms with Gasteiger partial charge in [-0.05, 0) is 5.56 Å². The van der Waals surface area contributed by atoms with E-state index in [-0.39, 0.29) is 24.6 Å². The van der Waals surface area contributed by atoms with Gasteiger partial charge >= 0.3 is 6.03 Å². The number of hydrogen-bond donors (Lipinski definition) is 2. The zero-order valence-corrected chi connectivity index (χ0v) is 14.4. The summed E-state index contributed by atoms with van der Waals surface area (Å²) in [6.45, 7) is 6.74. The molecule has 0 spiro atoms. The minimum absolute atomic E-state index is 0.0936. The lowest BCUT2D eigenvalue weighted by Crippen LogP contribution is -2.36. The van der Waals surface area contributed by atoms with Gasteiger partial charge in [-0.1, -0.05) is 62.4 Å². The molecule has 0 aliphatic rings. The van der Waals surface area contributed by atoms with E-state index in [0.717, 1.165) is 10.6 Å². The highest BCUT2D eigenvalue weighted by molar-refractivity contribution is 7.15. The first-order chi connectivity index (χ1) is 10.9. The number of nitrogens with zero attached hydrogens (tertiary/aromatic N) is 3. The molecule has 1 heterocycles. The molecule has 0 radical (unpaired) electrons. The number of aliphatic hydroxyl groups excluding tert-OH is 1. The van der Waals surface area contributed by atoms with Crippen LogP contribution in [0.4, 0.5) is 9.93 Å². The molecule has 0 saturated carbocycles. The van der Waals surface area contributed by atoms with Gasteiger partial charge in [0.25, 0.3) is 0 Å². The molecule has 0 fully saturated rings. The molecule has 0 aliphatic carbocycles. The molecule has 7 heteroatoms. The molecule has 0 unspecified atom stereocenters. The summed E-state index contributed by atoms with van der Waals surface area (Å²) in [5, 5.41) is 21.4. The molecule has 1 aromatic carbocycles. The Morgan fingerprint density at radius 1 is 1.26 bits per heavy atom. The van der Waals surface area contributed by atoms with Crippen molar-refractivity contribution in [3.05, 3.63) is 40.9 Å². The largest absolute Gasteiger partial charge is 0.395 e. The Balaban J connectivity index is 2.04. The van der Waals surface area contributed by atoms with Crippen molar-refractivity contribution >= 4 is 22.5 Å². The van der Waals surface area contributed by atoms with Gasteiger partial charge in [-0.3, -0.25) is 5.32 Å². The van der Waals surface area contributed by atoms with Gasteiger partial charge in [-0.25, -0.2) is 4.79 Å². The normalized spacial score (nSPS) is 11.3. The van der Waals surface area contributed by atoms with Crippen molar-refractivity contribution in [2.24, 2.45) is 0 Å². The number of carbonyl (C=O) groups excluding carboxylic acids is 1. The maximum absolute atomic E-state index is 12.4. The number of aliphatic hydroxyl groups is 1. The summed E-state index contributed by atoms with van der Waals surface area (Å²) in [6.07, 6.45) is 0. The van der Waals surface area contributed by atoms with Crippen LogP contribution in [0.2, 0.25) is 0 Å². The number of rotatable bonds is 5. The van der Waals surface area contributed by atoms with Gasteiger partial charge in [0.1, 0.15) is 5.01 Å². The molecule has 6 nitrogen and oxygen atoms in total. The van der Waals surface area contributed by atoms with Crippen molar-refractivity contribution in [3.8, 4) is 0 Å². The number of urea groups is 1. The molecule has 23 heavy (non-hydrogen) atoms. The molecule has 2 N–H and O–H groups in total. The third-order valence-electron chi connectivity index (χ3n) is 3.15. The quantitative estimate of drug-likeness (QED) is 0.881. The molecule has 2 amide bonds. The fraction of sp³-hybridized carbons (Fsp3) is 0.438. The van der Waals surface area contributed by atoms with Crippen LogP contribution in [0.5, 0.6) is 0 Å². The van der Waals surface area contributed by atoms with Gasteiger partial charge in [0.2, 0.25) is 5.13 Å². The van der Waals surface area contributed by atoms with Gasteiger partial charge in [0.05, 0.1) is 6.61 Å². The van der Waals surface area contributed by atoms with E-state index >= 15 is 0 Å². The summed E-state index contributed by atoms with van der Waals surface area (Å²) in [6, 6.07) is 9.37. The van der Waals surface area contributed by atoms with E-state index < -0.39 is 0 Å². The molecule has 2 aromatic rings. The average Bonchev–Trinajstić information content (AvgIpc) is 2.96. The Morgan fingerprint density at radius 3 is 2.52 bits per heavy atom. The molecule has 2 rings (SSSR count). The standard InChI is InChI=1S/C16H22N4O2S/c1-16(2,3)13-18-19-14(23-13)17-15(22)20(9-10-21)11-12-7-5-4-6-8-12/h4-8,21H,9-11H2,1-3H3,(H,17,19,22). The van der Waals surface area contributed by atoms with E-state index in [1.165, 1.54) is 11.3 Å². The monoisotopic (exact) mass is 334 g/mol. The second-order valence-electron chi connectivity index (χ2n) is 6.22. The molecule has 0 atom stereocenters. The number of carbonyl (C=O) groups is 1. The van der Waals surface area contributed by atoms with E-state index in [2.05, 4.69) is 15.5 Å². The van der Waals surface area contributed by atoms with Gasteiger partial charge < -0.3 is 10.0 Å². The number of nitrogens with one attached hydrogen (secondary N) is 1. The summed E-state index contributed by atoms with van der Waals surface area (Å²) in [5.41, 5.74) is 0.902. The van der Waals surface area contributed by atoms with Gasteiger partial charge in [0, 0.05) is 18.5 Å². The predicted octanol–water partition coefficient (Wildman–Crippen LogP) is 2.86. The smallest absolute Gasteiger partial charge is 0.324 e. The molecular formula is C16H22N4O2S. The molecular weight excluding hydrogens is 312 g/mol. The Hall–Kier alpha value is -1.99. The number of aromatic nitrogens is 2. The first-order valence-electron chi connectivity index (χ1n) is 7.45. The third kappa shape index (κ3) is 5.01. The molecule has 0 aliphatic heterocycles. The van der Waals surface area contributed by atoms with Crippen LogP contribution in [-0.4, -0.2) is 39.4 Å². The summed E-state index contributed by atoms with van der Waals surface area (Å²) >= 11 is 1.37. The summed E-state index contributed by atoms with van der Waals surface area (Å²) < 4.78 is 0. The molecule has 124 valence electrons. The van der Waals surface area contributed by atoms with Crippen LogP contribution < -0.4 is 5.32 Å². The van der Waals surface area contributed by atoms with Crippen LogP contribution >= 0.6 is 11.3 Å². The number of anilines is 1. The van der Waals surface area contributed by atoms with Gasteiger partial charge in [0.15, 0.2) is 0 Å². The number of hydrogen-bond acceptors (Lipinski definition) is 5. The Bertz CT molecular complexity index is 637. The second kappa shape index (κ2) is 7.52. The topological polar surface area (TPSA) is 78.4 Å². The zero-order valence-electron chi connectivity index (χ0n) is 13.6. The maximum atomic E-state index is 12.4. The third-order valence-corrected chi connectivity index (χ3v) is 4.42. The highest BCUT2D eigenvalue weighted by Gasteiger charge is 2.21. The lowest BCUT2D eigenvalue weighted by atomic mass is 9.98. The van der Waals surface area contributed by atoms with Gasteiger partial charge in [-0.15, -0.1) is 10.2 Å². The van der Waals surface area contributed by atoms with Crippen LogP contribution in [0.3, 0.4) is 0 Å². The Morgan fingerprint density at radius 2 is 1.96 bits per heavy atom. The molecule has 0 bridgehead atoms. The van der Waals surface area contributed by atoms with Crippen LogP contribution in [0.25, 0.3) is 0 Å². The predicted molar refractivity (Wildman–Crippen MR) is 91.6 cm³/mol. The van der Waals surface area contributed by atoms with Crippen molar-refractivity contribution in [2.75, 3.05) is 18.5 Å². The maximum Gasteiger partial charge on any atom is 0.324 e. The minimum atomic E-state index is -0.292. The summed E-state index contributed by atoms with van der Waals surface area (Å²) in [4.78, 5) is 14.0. The highest BCUT2D eigenvalue weighted by Crippen LogP contribution is 2.27. The minimum Gasteiger partial charge on any atom is -0.395 e. The van der Waals surface area contributed by atoms with E-state index in [1.54, 1.807) is 4.90 Å². The van der Waals surface area contributed by atoms with Crippen molar-refractivity contribution in [3.63, 3.8) is 0 Å². The fourth-order valence-electron chi connectivity index (χ4n) is 1.92. The van der Waals surface area contributed by atoms with Crippen LogP contribution in [-0.2, 0) is 12.0 Å². The highest BCUT2D eigenvalue weighted by atomic mass is 32.1. The van der Waals surface area contributed by atoms with Crippen molar-refractivity contribution in [1.29, 1.82) is 0 Å². The van der Waals surface area contributed by atoms with Crippen molar-refractivity contribution in [1.82, 2.24) is 15.1 Å². The number of benzene rings is 1. The Kier molecular flexibility index (Phi) is 5.68. The van der Waals surface area contributed by atoms with E-state index in [9.17, 15) is 9.90 Å². The summed E-state index contributed by atoms with van der Waals surface area (Å²) in [7, 11) is 0. The van der Waals surface area contributed by atoms with Crippen LogP contribution in [0.1, 0.15) is 31.3 Å². The first kappa shape index (κ1) is 17.4. The summed E-state index contributed by atoms with van der Waals surface area (Å²) in [5.74, 6) is 0. The number of amides is 2. The van der Waals surface area contributed by atoms with E-state index in [4.69, 9.17) is 0 Å². The lowest BCUT2D eigenvalue weighted by molar-refractivity contribution is 0.185. The van der Waals surface area contributed by atoms with Crippen LogP contribution in [0, 0.1) is 0 Å². The van der Waals surface area contributed by atoms with Crippen molar-refractivity contribution < 1.29 is 9.90 Å². The SMILES string of the molecule is CC(C)(C)c1nnc(NC(=O)N(CCO)Cc2ccccc2)s1.